The van der Waals surface area contributed by atoms with Crippen molar-refractivity contribution >= 4 is 63.5 Å². The van der Waals surface area contributed by atoms with Gasteiger partial charge in [-0.1, -0.05) is 10.3 Å². The number of fused-ring (bicyclic) bond motifs is 2. The number of nitrogen functional groups attached to an aromatic ring is 1. The largest absolute Gasteiger partial charge is 0.543 e. The lowest BCUT2D eigenvalue weighted by Gasteiger charge is -2.50. The lowest BCUT2D eigenvalue weighted by atomic mass is 10.0. The smallest absolute Gasteiger partial charge is 0.307 e. The second kappa shape index (κ2) is 10.9. The Morgan fingerprint density at radius 3 is 2.83 bits per heavy atom. The van der Waals surface area contributed by atoms with Crippen molar-refractivity contribution in [3.05, 3.63) is 47.3 Å². The van der Waals surface area contributed by atoms with E-state index in [1.165, 1.54) is 29.5 Å². The van der Waals surface area contributed by atoms with E-state index in [4.69, 9.17) is 21.0 Å². The number of nitrogens with one attached hydrogen (secondary N) is 1. The van der Waals surface area contributed by atoms with Crippen LogP contribution in [0.4, 0.5) is 5.13 Å². The molecule has 0 aromatic carbocycles. The van der Waals surface area contributed by atoms with Crippen LogP contribution in [-0.4, -0.2) is 84.3 Å². The molecular formula is C21H20N10O7S2. The van der Waals surface area contributed by atoms with Gasteiger partial charge in [0.1, 0.15) is 24.2 Å². The number of carboxylic acids is 1. The van der Waals surface area contributed by atoms with Crippen LogP contribution in [0, 0.1) is 0 Å². The van der Waals surface area contributed by atoms with E-state index >= 15 is 0 Å². The van der Waals surface area contributed by atoms with Gasteiger partial charge in [0, 0.05) is 36.0 Å². The SMILES string of the molecule is COCO/N=C(\C(=O)N[C@@H]1C(=O)N2C(C(=O)[O-])=C(C[n+]3ccn4nc(C(N)=O)ccc43)CS[C@H]12)c1nsc(N)n1. The predicted octanol–water partition coefficient (Wildman–Crippen LogP) is -3.42. The van der Waals surface area contributed by atoms with Crippen LogP contribution in [-0.2, 0) is 30.5 Å². The highest BCUT2D eigenvalue weighted by atomic mass is 32.2. The molecule has 0 unspecified atom stereocenters. The predicted molar refractivity (Wildman–Crippen MR) is 135 cm³/mol. The van der Waals surface area contributed by atoms with Gasteiger partial charge in [-0.25, -0.2) is 4.57 Å². The zero-order valence-corrected chi connectivity index (χ0v) is 22.2. The molecule has 17 nitrogen and oxygen atoms in total. The van der Waals surface area contributed by atoms with E-state index in [9.17, 15) is 24.3 Å². The van der Waals surface area contributed by atoms with Gasteiger partial charge in [0.15, 0.2) is 17.0 Å². The molecule has 5 rings (SSSR count). The third kappa shape index (κ3) is 4.92. The van der Waals surface area contributed by atoms with Crippen molar-refractivity contribution in [2.45, 2.75) is 18.0 Å². The Balaban J connectivity index is 1.36. The molecule has 0 saturated carbocycles. The summed E-state index contributed by atoms with van der Waals surface area (Å²) in [5.74, 6) is -3.58. The molecule has 0 radical (unpaired) electrons. The topological polar surface area (TPSA) is 236 Å². The zero-order chi connectivity index (χ0) is 28.6. The van der Waals surface area contributed by atoms with Gasteiger partial charge < -0.3 is 36.3 Å². The monoisotopic (exact) mass is 588 g/mol. The number of amides is 3. The normalized spacial score (nSPS) is 18.9. The van der Waals surface area contributed by atoms with Crippen LogP contribution >= 0.6 is 23.3 Å². The molecule has 0 bridgehead atoms. The van der Waals surface area contributed by atoms with Crippen LogP contribution in [0.2, 0.25) is 0 Å². The molecule has 208 valence electrons. The Kier molecular flexibility index (Phi) is 7.32. The molecule has 3 aromatic rings. The van der Waals surface area contributed by atoms with Crippen molar-refractivity contribution in [3.63, 3.8) is 0 Å². The molecule has 2 aliphatic heterocycles. The van der Waals surface area contributed by atoms with Crippen LogP contribution in [0.15, 0.2) is 41.0 Å². The minimum atomic E-state index is -1.53. The summed E-state index contributed by atoms with van der Waals surface area (Å²) >= 11 is 2.10. The first kappa shape index (κ1) is 27.0. The number of carbonyl (C=O) groups excluding carboxylic acids is 4. The fourth-order valence-corrected chi connectivity index (χ4v) is 5.89. The molecule has 19 heteroatoms. The van der Waals surface area contributed by atoms with E-state index < -0.39 is 35.1 Å². The fraction of sp³-hybridized carbons (Fsp3) is 0.286. The lowest BCUT2D eigenvalue weighted by molar-refractivity contribution is -0.662. The average Bonchev–Trinajstić information content (AvgIpc) is 3.54. The molecule has 1 fully saturated rings. The number of β-lactam (4-membered cyclic amide) rings is 1. The van der Waals surface area contributed by atoms with E-state index in [1.54, 1.807) is 23.0 Å². The van der Waals surface area contributed by atoms with Crippen LogP contribution in [0.5, 0.6) is 0 Å². The summed E-state index contributed by atoms with van der Waals surface area (Å²) in [7, 11) is 1.36. The van der Waals surface area contributed by atoms with Crippen molar-refractivity contribution in [1.29, 1.82) is 0 Å². The number of oxime groups is 1. The number of imidazole rings is 1. The molecule has 5 N–H and O–H groups in total. The van der Waals surface area contributed by atoms with Crippen molar-refractivity contribution < 1.29 is 38.4 Å². The van der Waals surface area contributed by atoms with E-state index in [1.807, 2.05) is 0 Å². The molecule has 2 atom stereocenters. The molecule has 3 amide bonds. The van der Waals surface area contributed by atoms with Gasteiger partial charge in [-0.05, 0) is 6.07 Å². The second-order valence-electron chi connectivity index (χ2n) is 8.34. The van der Waals surface area contributed by atoms with Crippen LogP contribution < -0.4 is 26.5 Å². The standard InChI is InChI=1S/C21H20N10O7S2/c1-37-8-38-27-12(16-25-21(23)40-28-16)17(33)24-13-18(34)31-14(20(35)36)9(7-39-19(13)31)6-29-4-5-30-11(29)3-2-10(26-30)15(22)32/h2-5,13,19H,6-8H2,1H3,(H5-,22,23,24,25,28,32,33,35,36)/b27-12-/t13-,19-/m1/s1. The van der Waals surface area contributed by atoms with Crippen LogP contribution in [0.3, 0.4) is 0 Å². The Morgan fingerprint density at radius 2 is 2.15 bits per heavy atom. The number of nitrogens with two attached hydrogens (primary N) is 2. The van der Waals surface area contributed by atoms with Crippen molar-refractivity contribution in [3.8, 4) is 0 Å². The minimum absolute atomic E-state index is 0.0627. The molecule has 3 aromatic heterocycles. The average molecular weight is 589 g/mol. The number of aromatic nitrogens is 5. The Morgan fingerprint density at radius 1 is 1.35 bits per heavy atom. The van der Waals surface area contributed by atoms with E-state index in [-0.39, 0.29) is 47.1 Å². The van der Waals surface area contributed by atoms with Gasteiger partial charge in [-0.15, -0.1) is 16.3 Å². The van der Waals surface area contributed by atoms with Crippen molar-refractivity contribution in [1.82, 2.24) is 29.2 Å². The molecule has 2 aliphatic rings. The van der Waals surface area contributed by atoms with E-state index in [2.05, 4.69) is 24.9 Å². The highest BCUT2D eigenvalue weighted by Crippen LogP contribution is 2.40. The maximum atomic E-state index is 13.1. The maximum absolute atomic E-state index is 13.1. The van der Waals surface area contributed by atoms with E-state index in [0.29, 0.717) is 11.2 Å². The first-order valence-electron chi connectivity index (χ1n) is 11.3. The lowest BCUT2D eigenvalue weighted by Crippen LogP contribution is -2.71. The molecular weight excluding hydrogens is 568 g/mol. The molecule has 5 heterocycles. The molecule has 40 heavy (non-hydrogen) atoms. The maximum Gasteiger partial charge on any atom is 0.307 e. The van der Waals surface area contributed by atoms with Crippen molar-refractivity contribution in [2.75, 3.05) is 25.4 Å². The number of thioether (sulfide) groups is 1. The third-order valence-corrected chi connectivity index (χ3v) is 7.74. The Labute approximate surface area is 232 Å². The molecule has 0 spiro atoms. The fourth-order valence-electron chi connectivity index (χ4n) is 4.12. The number of nitrogens with zero attached hydrogens (tertiary/aromatic N) is 7. The van der Waals surface area contributed by atoms with Crippen molar-refractivity contribution in [2.24, 2.45) is 10.9 Å². The van der Waals surface area contributed by atoms with Gasteiger partial charge >= 0.3 is 5.65 Å². The van der Waals surface area contributed by atoms with Gasteiger partial charge in [-0.3, -0.25) is 19.3 Å². The number of carboxylic acid groups (broad SMARTS) is 1. The summed E-state index contributed by atoms with van der Waals surface area (Å²) in [5.41, 5.74) is 11.3. The quantitative estimate of drug-likeness (QED) is 0.0524. The summed E-state index contributed by atoms with van der Waals surface area (Å²) in [4.78, 5) is 59.6. The second-order valence-corrected chi connectivity index (χ2v) is 10.2. The number of aliphatic carboxylic acids is 1. The van der Waals surface area contributed by atoms with Gasteiger partial charge in [0.05, 0.1) is 11.7 Å². The summed E-state index contributed by atoms with van der Waals surface area (Å²) in [6.07, 6.45) is 3.23. The van der Waals surface area contributed by atoms with E-state index in [0.717, 1.165) is 16.4 Å². The summed E-state index contributed by atoms with van der Waals surface area (Å²) in [6, 6.07) is 2.01. The highest BCUT2D eigenvalue weighted by molar-refractivity contribution is 8.00. The van der Waals surface area contributed by atoms with Crippen LogP contribution in [0.1, 0.15) is 16.3 Å². The summed E-state index contributed by atoms with van der Waals surface area (Å²) in [6.45, 7) is -0.159. The van der Waals surface area contributed by atoms with Gasteiger partial charge in [0.25, 0.3) is 17.7 Å². The number of carbonyl (C=O) groups is 4. The number of methoxy groups -OCH3 is 1. The summed E-state index contributed by atoms with van der Waals surface area (Å²) < 4.78 is 11.8. The Bertz CT molecular complexity index is 1600. The number of hydrogen-bond donors (Lipinski definition) is 3. The molecule has 1 saturated heterocycles. The highest BCUT2D eigenvalue weighted by Gasteiger charge is 2.53. The third-order valence-electron chi connectivity index (χ3n) is 5.86. The summed E-state index contributed by atoms with van der Waals surface area (Å²) in [5, 5.41) is 21.9. The number of ether oxygens (including phenoxy) is 1. The first-order valence-corrected chi connectivity index (χ1v) is 13.2. The minimum Gasteiger partial charge on any atom is -0.543 e. The van der Waals surface area contributed by atoms with Crippen LogP contribution in [0.25, 0.3) is 5.65 Å². The number of rotatable bonds is 10. The molecule has 0 aliphatic carbocycles. The zero-order valence-electron chi connectivity index (χ0n) is 20.5. The van der Waals surface area contributed by atoms with Gasteiger partial charge in [0.2, 0.25) is 18.3 Å². The first-order chi connectivity index (χ1) is 19.2. The number of primary amides is 1. The van der Waals surface area contributed by atoms with Gasteiger partial charge in [-0.2, -0.15) is 9.36 Å². The number of hydrogen-bond acceptors (Lipinski definition) is 14. The Hall–Kier alpha value is -4.62. The number of anilines is 1.